The minimum Gasteiger partial charge on any atom is -0.313 e. The van der Waals surface area contributed by atoms with Gasteiger partial charge in [0.1, 0.15) is 0 Å². The molecule has 0 amide bonds. The van der Waals surface area contributed by atoms with Crippen LogP contribution in [0.5, 0.6) is 0 Å². The first-order valence-electron chi connectivity index (χ1n) is 6.22. The molecule has 0 aliphatic rings. The van der Waals surface area contributed by atoms with E-state index >= 15 is 0 Å². The van der Waals surface area contributed by atoms with E-state index in [0.717, 1.165) is 12.1 Å². The van der Waals surface area contributed by atoms with Crippen LogP contribution < -0.4 is 10.0 Å². The number of nitrogens with one attached hydrogen (secondary N) is 2. The highest BCUT2D eigenvalue weighted by atomic mass is 32.2. The highest BCUT2D eigenvalue weighted by Gasteiger charge is 2.15. The summed E-state index contributed by atoms with van der Waals surface area (Å²) in [5, 5.41) is 10.5. The van der Waals surface area contributed by atoms with Crippen LogP contribution in [-0.4, -0.2) is 25.2 Å². The predicted molar refractivity (Wildman–Crippen MR) is 76.7 cm³/mol. The molecule has 2 N–H and O–H groups in total. The number of nitrogens with zero attached hydrogens (tertiary/aromatic N) is 2. The number of benzene rings is 1. The van der Waals surface area contributed by atoms with Crippen molar-refractivity contribution in [3.8, 4) is 0 Å². The van der Waals surface area contributed by atoms with Crippen molar-refractivity contribution in [3.05, 3.63) is 48.2 Å². The van der Waals surface area contributed by atoms with E-state index in [4.69, 9.17) is 0 Å². The quantitative estimate of drug-likeness (QED) is 0.840. The maximum Gasteiger partial charge on any atom is 0.263 e. The van der Waals surface area contributed by atoms with Crippen molar-refractivity contribution < 1.29 is 8.42 Å². The average molecular weight is 292 g/mol. The van der Waals surface area contributed by atoms with E-state index in [0.29, 0.717) is 6.54 Å². The van der Waals surface area contributed by atoms with Crippen molar-refractivity contribution in [2.45, 2.75) is 18.4 Å². The fourth-order valence-corrected chi connectivity index (χ4v) is 2.71. The largest absolute Gasteiger partial charge is 0.313 e. The Kier molecular flexibility index (Phi) is 4.65. The first-order chi connectivity index (χ1) is 9.62. The molecule has 0 unspecified atom stereocenters. The zero-order chi connectivity index (χ0) is 14.4. The van der Waals surface area contributed by atoms with Crippen molar-refractivity contribution in [2.75, 3.05) is 11.3 Å². The van der Waals surface area contributed by atoms with Gasteiger partial charge in [-0.3, -0.25) is 4.72 Å². The van der Waals surface area contributed by atoms with Gasteiger partial charge in [0, 0.05) is 12.7 Å². The molecule has 2 rings (SSSR count). The highest BCUT2D eigenvalue weighted by molar-refractivity contribution is 7.92. The first-order valence-corrected chi connectivity index (χ1v) is 7.70. The van der Waals surface area contributed by atoms with Gasteiger partial charge in [0.25, 0.3) is 10.0 Å². The molecule has 0 aliphatic heterocycles. The molecule has 0 atom stereocenters. The Morgan fingerprint density at radius 3 is 2.75 bits per heavy atom. The van der Waals surface area contributed by atoms with Crippen LogP contribution in [0.4, 0.5) is 5.82 Å². The molecule has 7 heteroatoms. The third kappa shape index (κ3) is 3.75. The Labute approximate surface area is 118 Å². The number of hydrogen-bond acceptors (Lipinski definition) is 5. The molecule has 20 heavy (non-hydrogen) atoms. The van der Waals surface area contributed by atoms with Gasteiger partial charge in [-0.05, 0) is 36.4 Å². The molecule has 1 heterocycles. The van der Waals surface area contributed by atoms with Crippen LogP contribution in [0.25, 0.3) is 0 Å². The topological polar surface area (TPSA) is 84.0 Å². The smallest absolute Gasteiger partial charge is 0.263 e. The molecule has 6 nitrogen and oxygen atoms in total. The van der Waals surface area contributed by atoms with E-state index in [1.807, 2.05) is 13.0 Å². The second kappa shape index (κ2) is 6.44. The maximum absolute atomic E-state index is 12.2. The summed E-state index contributed by atoms with van der Waals surface area (Å²) in [4.78, 5) is 0.207. The first kappa shape index (κ1) is 14.4. The van der Waals surface area contributed by atoms with Gasteiger partial charge in [-0.25, -0.2) is 8.42 Å². The molecule has 0 saturated carbocycles. The van der Waals surface area contributed by atoms with E-state index < -0.39 is 10.0 Å². The fourth-order valence-electron chi connectivity index (χ4n) is 1.64. The molecule has 0 spiro atoms. The molecule has 0 aliphatic carbocycles. The highest BCUT2D eigenvalue weighted by Crippen LogP contribution is 2.15. The molecule has 106 valence electrons. The monoisotopic (exact) mass is 292 g/mol. The normalized spacial score (nSPS) is 11.2. The summed E-state index contributed by atoms with van der Waals surface area (Å²) < 4.78 is 26.9. The minimum absolute atomic E-state index is 0.199. The standard InChI is InChI=1S/C13H16N4O2S/c1-2-14-10-11-5-3-6-12(9-11)20(18,19)17-13-7-4-8-15-16-13/h3-9,14H,2,10H2,1H3,(H,16,17). The second-order valence-electron chi connectivity index (χ2n) is 4.14. The molecule has 1 aromatic heterocycles. The Morgan fingerprint density at radius 1 is 1.20 bits per heavy atom. The molecular weight excluding hydrogens is 276 g/mol. The van der Waals surface area contributed by atoms with Crippen molar-refractivity contribution in [1.29, 1.82) is 0 Å². The summed E-state index contributed by atoms with van der Waals surface area (Å²) in [6, 6.07) is 9.96. The van der Waals surface area contributed by atoms with E-state index in [2.05, 4.69) is 20.2 Å². The molecule has 2 aromatic rings. The Hall–Kier alpha value is -1.99. The number of aromatic nitrogens is 2. The summed E-state index contributed by atoms with van der Waals surface area (Å²) >= 11 is 0. The third-order valence-corrected chi connectivity index (χ3v) is 3.95. The van der Waals surface area contributed by atoms with Gasteiger partial charge >= 0.3 is 0 Å². The lowest BCUT2D eigenvalue weighted by Crippen LogP contribution is -2.16. The van der Waals surface area contributed by atoms with Crippen molar-refractivity contribution in [2.24, 2.45) is 0 Å². The van der Waals surface area contributed by atoms with Gasteiger partial charge in [0.2, 0.25) is 0 Å². The Morgan fingerprint density at radius 2 is 2.05 bits per heavy atom. The van der Waals surface area contributed by atoms with Gasteiger partial charge in [-0.15, -0.1) is 5.10 Å². The number of hydrogen-bond donors (Lipinski definition) is 2. The lowest BCUT2D eigenvalue weighted by atomic mass is 10.2. The SMILES string of the molecule is CCNCc1cccc(S(=O)(=O)Nc2cccnn2)c1. The minimum atomic E-state index is -3.64. The van der Waals surface area contributed by atoms with Gasteiger partial charge in [-0.2, -0.15) is 5.10 Å². The van der Waals surface area contributed by atoms with E-state index in [9.17, 15) is 8.42 Å². The van der Waals surface area contributed by atoms with Gasteiger partial charge < -0.3 is 5.32 Å². The molecule has 0 saturated heterocycles. The summed E-state index contributed by atoms with van der Waals surface area (Å²) in [6.07, 6.45) is 1.48. The molecule has 1 aromatic carbocycles. The van der Waals surface area contributed by atoms with Crippen molar-refractivity contribution in [3.63, 3.8) is 0 Å². The average Bonchev–Trinajstić information content (AvgIpc) is 2.46. The summed E-state index contributed by atoms with van der Waals surface area (Å²) in [5.41, 5.74) is 0.911. The summed E-state index contributed by atoms with van der Waals surface area (Å²) in [5.74, 6) is 0.199. The van der Waals surface area contributed by atoms with Crippen LogP contribution in [0.3, 0.4) is 0 Å². The number of rotatable bonds is 6. The van der Waals surface area contributed by atoms with Gasteiger partial charge in [0.15, 0.2) is 5.82 Å². The number of sulfonamides is 1. The van der Waals surface area contributed by atoms with Crippen LogP contribution in [0.15, 0.2) is 47.5 Å². The zero-order valence-electron chi connectivity index (χ0n) is 11.1. The van der Waals surface area contributed by atoms with Gasteiger partial charge in [-0.1, -0.05) is 19.1 Å². The number of anilines is 1. The summed E-state index contributed by atoms with van der Waals surface area (Å²) in [6.45, 7) is 3.45. The van der Waals surface area contributed by atoms with E-state index in [-0.39, 0.29) is 10.7 Å². The van der Waals surface area contributed by atoms with Crippen LogP contribution >= 0.6 is 0 Å². The predicted octanol–water partition coefficient (Wildman–Crippen LogP) is 1.39. The van der Waals surface area contributed by atoms with Crippen molar-refractivity contribution in [1.82, 2.24) is 15.5 Å². The molecule has 0 radical (unpaired) electrons. The molecule has 0 bridgehead atoms. The summed E-state index contributed by atoms with van der Waals surface area (Å²) in [7, 11) is -3.64. The van der Waals surface area contributed by atoms with Crippen molar-refractivity contribution >= 4 is 15.8 Å². The fraction of sp³-hybridized carbons (Fsp3) is 0.231. The second-order valence-corrected chi connectivity index (χ2v) is 5.82. The lowest BCUT2D eigenvalue weighted by Gasteiger charge is -2.08. The van der Waals surface area contributed by atoms with Gasteiger partial charge in [0.05, 0.1) is 4.90 Å². The Bertz CT molecular complexity index is 659. The maximum atomic E-state index is 12.2. The van der Waals surface area contributed by atoms with E-state index in [1.54, 1.807) is 30.3 Å². The van der Waals surface area contributed by atoms with Crippen LogP contribution in [0, 0.1) is 0 Å². The molecule has 0 fully saturated rings. The lowest BCUT2D eigenvalue weighted by molar-refractivity contribution is 0.600. The molecular formula is C13H16N4O2S. The Balaban J connectivity index is 2.21. The van der Waals surface area contributed by atoms with Crippen LogP contribution in [0.1, 0.15) is 12.5 Å². The van der Waals surface area contributed by atoms with E-state index in [1.165, 1.54) is 6.20 Å². The van der Waals surface area contributed by atoms with Crippen LogP contribution in [0.2, 0.25) is 0 Å². The zero-order valence-corrected chi connectivity index (χ0v) is 11.9. The van der Waals surface area contributed by atoms with Crippen LogP contribution in [-0.2, 0) is 16.6 Å². The third-order valence-electron chi connectivity index (χ3n) is 2.60.